The molecule has 1 saturated heterocycles. The molecule has 3 rings (SSSR count). The van der Waals surface area contributed by atoms with Crippen molar-refractivity contribution in [1.82, 2.24) is 9.29 Å². The number of hydrogen-bond acceptors (Lipinski definition) is 5. The Hall–Kier alpha value is -1.51. The van der Waals surface area contributed by atoms with E-state index in [1.807, 2.05) is 19.9 Å². The van der Waals surface area contributed by atoms with Crippen molar-refractivity contribution in [1.29, 1.82) is 0 Å². The van der Waals surface area contributed by atoms with Crippen LogP contribution in [0, 0.1) is 19.8 Å². The van der Waals surface area contributed by atoms with E-state index in [0.29, 0.717) is 31.1 Å². The first-order valence-corrected chi connectivity index (χ1v) is 10.5. The highest BCUT2D eigenvalue weighted by molar-refractivity contribution is 7.88. The normalized spacial score (nSPS) is 17.3. The predicted octanol–water partition coefficient (Wildman–Crippen LogP) is 2.52. The van der Waals surface area contributed by atoms with Gasteiger partial charge in [0, 0.05) is 19.0 Å². The third-order valence-electron chi connectivity index (χ3n) is 4.47. The number of aromatic nitrogens is 1. The molecule has 0 aliphatic carbocycles. The second kappa shape index (κ2) is 6.42. The van der Waals surface area contributed by atoms with Crippen LogP contribution in [0.3, 0.4) is 0 Å². The summed E-state index contributed by atoms with van der Waals surface area (Å²) in [5.41, 5.74) is 3.17. The zero-order valence-electron chi connectivity index (χ0n) is 14.0. The number of carbonyl (C=O) groups is 1. The van der Waals surface area contributed by atoms with Gasteiger partial charge in [-0.25, -0.2) is 17.7 Å². The molecule has 0 unspecified atom stereocenters. The molecule has 0 spiro atoms. The Morgan fingerprint density at radius 3 is 2.46 bits per heavy atom. The van der Waals surface area contributed by atoms with Crippen molar-refractivity contribution >= 4 is 42.6 Å². The summed E-state index contributed by atoms with van der Waals surface area (Å²) in [4.78, 5) is 17.0. The van der Waals surface area contributed by atoms with E-state index < -0.39 is 10.0 Å². The number of carbonyl (C=O) groups excluding carboxylic acids is 1. The number of thiazole rings is 1. The maximum Gasteiger partial charge on any atom is 0.229 e. The first-order chi connectivity index (χ1) is 11.3. The minimum atomic E-state index is -3.17. The molecule has 1 aliphatic heterocycles. The number of sulfonamides is 1. The van der Waals surface area contributed by atoms with E-state index in [2.05, 4.69) is 16.4 Å². The summed E-state index contributed by atoms with van der Waals surface area (Å²) in [5, 5.41) is 3.52. The van der Waals surface area contributed by atoms with Gasteiger partial charge in [0.1, 0.15) is 0 Å². The molecule has 1 aromatic heterocycles. The number of amides is 1. The van der Waals surface area contributed by atoms with Gasteiger partial charge >= 0.3 is 0 Å². The maximum absolute atomic E-state index is 12.5. The number of piperidine rings is 1. The van der Waals surface area contributed by atoms with Crippen molar-refractivity contribution in [3.63, 3.8) is 0 Å². The predicted molar refractivity (Wildman–Crippen MR) is 96.9 cm³/mol. The van der Waals surface area contributed by atoms with Crippen LogP contribution in [0.4, 0.5) is 5.13 Å². The lowest BCUT2D eigenvalue weighted by Crippen LogP contribution is -2.40. The van der Waals surface area contributed by atoms with Gasteiger partial charge in [0.15, 0.2) is 5.13 Å². The highest BCUT2D eigenvalue weighted by atomic mass is 32.2. The van der Waals surface area contributed by atoms with Crippen LogP contribution in [0.2, 0.25) is 0 Å². The Morgan fingerprint density at radius 1 is 1.25 bits per heavy atom. The number of fused-ring (bicyclic) bond motifs is 1. The van der Waals surface area contributed by atoms with Crippen LogP contribution in [0.5, 0.6) is 0 Å². The SMILES string of the molecule is Cc1ccc(C)c2sc(NC(=O)C3CCN(S(C)(=O)=O)CC3)nc12. The Kier molecular flexibility index (Phi) is 4.63. The van der Waals surface area contributed by atoms with Crippen molar-refractivity contribution in [2.45, 2.75) is 26.7 Å². The molecule has 24 heavy (non-hydrogen) atoms. The van der Waals surface area contributed by atoms with Gasteiger partial charge in [0.05, 0.1) is 16.5 Å². The quantitative estimate of drug-likeness (QED) is 0.904. The number of rotatable bonds is 3. The molecule has 1 aliphatic rings. The second-order valence-electron chi connectivity index (χ2n) is 6.32. The average molecular weight is 367 g/mol. The Balaban J connectivity index is 1.70. The minimum absolute atomic E-state index is 0.0717. The van der Waals surface area contributed by atoms with Gasteiger partial charge in [0.25, 0.3) is 0 Å². The number of anilines is 1. The zero-order valence-corrected chi connectivity index (χ0v) is 15.6. The Morgan fingerprint density at radius 2 is 1.88 bits per heavy atom. The smallest absolute Gasteiger partial charge is 0.229 e. The van der Waals surface area contributed by atoms with Crippen LogP contribution in [0.15, 0.2) is 12.1 Å². The third kappa shape index (κ3) is 3.45. The molecule has 8 heteroatoms. The lowest BCUT2D eigenvalue weighted by Gasteiger charge is -2.29. The molecule has 2 aromatic rings. The summed E-state index contributed by atoms with van der Waals surface area (Å²) in [5.74, 6) is -0.241. The molecule has 1 amide bonds. The van der Waals surface area contributed by atoms with Gasteiger partial charge < -0.3 is 5.32 Å². The highest BCUT2D eigenvalue weighted by Crippen LogP contribution is 2.31. The maximum atomic E-state index is 12.5. The van der Waals surface area contributed by atoms with Crippen LogP contribution in [0.1, 0.15) is 24.0 Å². The molecule has 0 bridgehead atoms. The van der Waals surface area contributed by atoms with Gasteiger partial charge in [-0.05, 0) is 37.8 Å². The molecule has 0 radical (unpaired) electrons. The highest BCUT2D eigenvalue weighted by Gasteiger charge is 2.29. The van der Waals surface area contributed by atoms with Gasteiger partial charge in [0.2, 0.25) is 15.9 Å². The Labute approximate surface area is 145 Å². The fourth-order valence-electron chi connectivity index (χ4n) is 2.97. The summed E-state index contributed by atoms with van der Waals surface area (Å²) >= 11 is 1.49. The summed E-state index contributed by atoms with van der Waals surface area (Å²) in [7, 11) is -3.17. The van der Waals surface area contributed by atoms with E-state index in [0.717, 1.165) is 21.3 Å². The van der Waals surface area contributed by atoms with Crippen LogP contribution in [0.25, 0.3) is 10.2 Å². The first-order valence-electron chi connectivity index (χ1n) is 7.88. The molecular formula is C16H21N3O3S2. The van der Waals surface area contributed by atoms with Crippen LogP contribution >= 0.6 is 11.3 Å². The number of aryl methyl sites for hydroxylation is 2. The lowest BCUT2D eigenvalue weighted by molar-refractivity contribution is -0.120. The van der Waals surface area contributed by atoms with Gasteiger partial charge in [-0.3, -0.25) is 4.79 Å². The number of benzene rings is 1. The molecular weight excluding hydrogens is 346 g/mol. The van der Waals surface area contributed by atoms with E-state index in [-0.39, 0.29) is 11.8 Å². The second-order valence-corrected chi connectivity index (χ2v) is 9.30. The fraction of sp³-hybridized carbons (Fsp3) is 0.500. The topological polar surface area (TPSA) is 79.4 Å². The number of hydrogen-bond donors (Lipinski definition) is 1. The van der Waals surface area contributed by atoms with Crippen molar-refractivity contribution in [2.24, 2.45) is 5.92 Å². The zero-order chi connectivity index (χ0) is 17.5. The molecule has 1 aromatic carbocycles. The summed E-state index contributed by atoms with van der Waals surface area (Å²) < 4.78 is 25.6. The Bertz CT molecular complexity index is 842. The molecule has 2 heterocycles. The van der Waals surface area contributed by atoms with E-state index >= 15 is 0 Å². The van der Waals surface area contributed by atoms with Gasteiger partial charge in [-0.1, -0.05) is 23.5 Å². The monoisotopic (exact) mass is 367 g/mol. The third-order valence-corrected chi connectivity index (χ3v) is 6.88. The lowest BCUT2D eigenvalue weighted by atomic mass is 9.97. The molecule has 0 saturated carbocycles. The standard InChI is InChI=1S/C16H21N3O3S2/c1-10-4-5-11(2)14-13(10)17-16(23-14)18-15(20)12-6-8-19(9-7-12)24(3,21)22/h4-5,12H,6-9H2,1-3H3,(H,17,18,20). The van der Waals surface area contributed by atoms with Crippen LogP contribution in [-0.2, 0) is 14.8 Å². The number of nitrogens with zero attached hydrogens (tertiary/aromatic N) is 2. The summed E-state index contributed by atoms with van der Waals surface area (Å²) in [6.07, 6.45) is 2.29. The van der Waals surface area contributed by atoms with Crippen molar-refractivity contribution in [3.05, 3.63) is 23.3 Å². The van der Waals surface area contributed by atoms with E-state index in [1.54, 1.807) is 0 Å². The van der Waals surface area contributed by atoms with Gasteiger partial charge in [-0.15, -0.1) is 0 Å². The molecule has 1 fully saturated rings. The molecule has 1 N–H and O–H groups in total. The first kappa shape index (κ1) is 17.3. The van der Waals surface area contributed by atoms with Crippen molar-refractivity contribution < 1.29 is 13.2 Å². The van der Waals surface area contributed by atoms with E-state index in [1.165, 1.54) is 21.9 Å². The fourth-order valence-corrected chi connectivity index (χ4v) is 4.86. The van der Waals surface area contributed by atoms with Crippen molar-refractivity contribution in [3.8, 4) is 0 Å². The van der Waals surface area contributed by atoms with E-state index in [9.17, 15) is 13.2 Å². The molecule has 0 atom stereocenters. The van der Waals surface area contributed by atoms with Crippen LogP contribution in [-0.4, -0.2) is 43.0 Å². The minimum Gasteiger partial charge on any atom is -0.302 e. The summed E-state index contributed by atoms with van der Waals surface area (Å²) in [6.45, 7) is 4.84. The average Bonchev–Trinajstić information content (AvgIpc) is 2.95. The number of nitrogens with one attached hydrogen (secondary N) is 1. The van der Waals surface area contributed by atoms with E-state index in [4.69, 9.17) is 0 Å². The van der Waals surface area contributed by atoms with Crippen molar-refractivity contribution in [2.75, 3.05) is 24.7 Å². The summed E-state index contributed by atoms with van der Waals surface area (Å²) in [6, 6.07) is 4.09. The van der Waals surface area contributed by atoms with Gasteiger partial charge in [-0.2, -0.15) is 0 Å². The molecule has 6 nitrogen and oxygen atoms in total. The van der Waals surface area contributed by atoms with Crippen LogP contribution < -0.4 is 5.32 Å². The molecule has 130 valence electrons. The largest absolute Gasteiger partial charge is 0.302 e.